The van der Waals surface area contributed by atoms with Crippen LogP contribution >= 0.6 is 0 Å². The standard InChI is InChI=1S/C14H20N2O3/c1-14(2,3)19-8-13-15-9-6-11(17-4)12(18-5)7-10(9)16-13/h6-7H,8H2,1-5H3,(H,15,16). The predicted octanol–water partition coefficient (Wildman–Crippen LogP) is 2.90. The van der Waals surface area contributed by atoms with E-state index < -0.39 is 0 Å². The maximum atomic E-state index is 5.70. The van der Waals surface area contributed by atoms with Gasteiger partial charge in [0.15, 0.2) is 11.5 Å². The molecular weight excluding hydrogens is 244 g/mol. The van der Waals surface area contributed by atoms with Crippen molar-refractivity contribution in [3.05, 3.63) is 18.0 Å². The van der Waals surface area contributed by atoms with E-state index in [1.54, 1.807) is 14.2 Å². The van der Waals surface area contributed by atoms with E-state index in [0.29, 0.717) is 18.1 Å². The van der Waals surface area contributed by atoms with Gasteiger partial charge >= 0.3 is 0 Å². The van der Waals surface area contributed by atoms with Crippen LogP contribution in [-0.2, 0) is 11.3 Å². The van der Waals surface area contributed by atoms with Gasteiger partial charge < -0.3 is 19.2 Å². The number of rotatable bonds is 4. The minimum atomic E-state index is -0.186. The number of ether oxygens (including phenoxy) is 3. The third kappa shape index (κ3) is 3.17. The van der Waals surface area contributed by atoms with Gasteiger partial charge in [-0.25, -0.2) is 4.98 Å². The van der Waals surface area contributed by atoms with Crippen molar-refractivity contribution >= 4 is 11.0 Å². The lowest BCUT2D eigenvalue weighted by Crippen LogP contribution is -2.19. The third-order valence-corrected chi connectivity index (χ3v) is 2.68. The highest BCUT2D eigenvalue weighted by molar-refractivity contribution is 5.79. The summed E-state index contributed by atoms with van der Waals surface area (Å²) in [5.41, 5.74) is 1.56. The molecule has 2 rings (SSSR count). The summed E-state index contributed by atoms with van der Waals surface area (Å²) in [4.78, 5) is 7.71. The third-order valence-electron chi connectivity index (χ3n) is 2.68. The van der Waals surface area contributed by atoms with Crippen LogP contribution in [0.1, 0.15) is 26.6 Å². The highest BCUT2D eigenvalue weighted by Crippen LogP contribution is 2.31. The second kappa shape index (κ2) is 5.09. The van der Waals surface area contributed by atoms with Gasteiger partial charge in [0.2, 0.25) is 0 Å². The average Bonchev–Trinajstić information content (AvgIpc) is 2.75. The molecule has 19 heavy (non-hydrogen) atoms. The van der Waals surface area contributed by atoms with Gasteiger partial charge in [-0.3, -0.25) is 0 Å². The molecule has 1 heterocycles. The first-order chi connectivity index (χ1) is 8.93. The lowest BCUT2D eigenvalue weighted by atomic mass is 10.2. The summed E-state index contributed by atoms with van der Waals surface area (Å²) in [6.45, 7) is 6.49. The van der Waals surface area contributed by atoms with Crippen molar-refractivity contribution in [2.24, 2.45) is 0 Å². The number of nitrogens with one attached hydrogen (secondary N) is 1. The van der Waals surface area contributed by atoms with Crippen LogP contribution in [0.3, 0.4) is 0 Å². The molecule has 0 radical (unpaired) electrons. The Hall–Kier alpha value is -1.75. The average molecular weight is 264 g/mol. The van der Waals surface area contributed by atoms with Gasteiger partial charge in [-0.1, -0.05) is 0 Å². The number of aromatic amines is 1. The zero-order valence-corrected chi connectivity index (χ0v) is 12.0. The largest absolute Gasteiger partial charge is 0.493 e. The van der Waals surface area contributed by atoms with Crippen LogP contribution in [0, 0.1) is 0 Å². The molecule has 0 amide bonds. The van der Waals surface area contributed by atoms with Gasteiger partial charge in [-0.05, 0) is 20.8 Å². The first-order valence-electron chi connectivity index (χ1n) is 6.17. The second-order valence-electron chi connectivity index (χ2n) is 5.31. The molecular formula is C14H20N2O3. The highest BCUT2D eigenvalue weighted by Gasteiger charge is 2.13. The Morgan fingerprint density at radius 2 is 1.74 bits per heavy atom. The number of imidazole rings is 1. The van der Waals surface area contributed by atoms with Crippen molar-refractivity contribution < 1.29 is 14.2 Å². The number of hydrogen-bond acceptors (Lipinski definition) is 4. The summed E-state index contributed by atoms with van der Waals surface area (Å²) >= 11 is 0. The topological polar surface area (TPSA) is 56.4 Å². The molecule has 0 saturated heterocycles. The number of benzene rings is 1. The molecule has 0 unspecified atom stereocenters. The van der Waals surface area contributed by atoms with E-state index >= 15 is 0 Å². The van der Waals surface area contributed by atoms with Crippen molar-refractivity contribution in [2.75, 3.05) is 14.2 Å². The summed E-state index contributed by atoms with van der Waals surface area (Å²) in [6.07, 6.45) is 0. The van der Waals surface area contributed by atoms with E-state index in [1.807, 2.05) is 32.9 Å². The molecule has 0 atom stereocenters. The molecule has 0 bridgehead atoms. The normalized spacial score (nSPS) is 11.8. The van der Waals surface area contributed by atoms with E-state index in [1.165, 1.54) is 0 Å². The monoisotopic (exact) mass is 264 g/mol. The van der Waals surface area contributed by atoms with Gasteiger partial charge in [0, 0.05) is 12.1 Å². The fourth-order valence-electron chi connectivity index (χ4n) is 1.74. The van der Waals surface area contributed by atoms with Crippen molar-refractivity contribution in [2.45, 2.75) is 33.0 Å². The summed E-state index contributed by atoms with van der Waals surface area (Å²) < 4.78 is 16.2. The maximum absolute atomic E-state index is 5.70. The molecule has 1 N–H and O–H groups in total. The van der Waals surface area contributed by atoms with Gasteiger partial charge in [0.1, 0.15) is 12.4 Å². The zero-order chi connectivity index (χ0) is 14.0. The SMILES string of the molecule is COc1cc2nc(COC(C)(C)C)[nH]c2cc1OC. The second-order valence-corrected chi connectivity index (χ2v) is 5.31. The van der Waals surface area contributed by atoms with Gasteiger partial charge in [-0.15, -0.1) is 0 Å². The Morgan fingerprint density at radius 1 is 1.11 bits per heavy atom. The molecule has 0 aliphatic heterocycles. The first kappa shape index (κ1) is 13.7. The Kier molecular flexibility index (Phi) is 3.66. The Labute approximate surface area is 112 Å². The molecule has 104 valence electrons. The minimum Gasteiger partial charge on any atom is -0.493 e. The van der Waals surface area contributed by atoms with E-state index in [-0.39, 0.29) is 5.60 Å². The van der Waals surface area contributed by atoms with Crippen LogP contribution in [0.4, 0.5) is 0 Å². The molecule has 5 nitrogen and oxygen atoms in total. The quantitative estimate of drug-likeness (QED) is 0.922. The van der Waals surface area contributed by atoms with Crippen molar-refractivity contribution in [1.29, 1.82) is 0 Å². The van der Waals surface area contributed by atoms with Gasteiger partial charge in [0.05, 0.1) is 30.9 Å². The van der Waals surface area contributed by atoms with Crippen LogP contribution in [0.2, 0.25) is 0 Å². The lowest BCUT2D eigenvalue weighted by Gasteiger charge is -2.18. The molecule has 0 aliphatic rings. The number of nitrogens with zero attached hydrogens (tertiary/aromatic N) is 1. The number of fused-ring (bicyclic) bond motifs is 1. The maximum Gasteiger partial charge on any atom is 0.163 e. The summed E-state index contributed by atoms with van der Waals surface area (Å²) in [5, 5.41) is 0. The van der Waals surface area contributed by atoms with E-state index in [9.17, 15) is 0 Å². The van der Waals surface area contributed by atoms with Gasteiger partial charge in [-0.2, -0.15) is 0 Å². The summed E-state index contributed by atoms with van der Waals surface area (Å²) in [6, 6.07) is 3.73. The van der Waals surface area contributed by atoms with Crippen LogP contribution < -0.4 is 9.47 Å². The first-order valence-corrected chi connectivity index (χ1v) is 6.17. The Balaban J connectivity index is 2.30. The molecule has 1 aromatic carbocycles. The predicted molar refractivity (Wildman–Crippen MR) is 73.7 cm³/mol. The van der Waals surface area contributed by atoms with Crippen LogP contribution in [0.15, 0.2) is 12.1 Å². The van der Waals surface area contributed by atoms with Crippen LogP contribution in [-0.4, -0.2) is 29.8 Å². The van der Waals surface area contributed by atoms with Crippen LogP contribution in [0.25, 0.3) is 11.0 Å². The van der Waals surface area contributed by atoms with E-state index in [4.69, 9.17) is 14.2 Å². The number of H-pyrrole nitrogens is 1. The minimum absolute atomic E-state index is 0.186. The lowest BCUT2D eigenvalue weighted by molar-refractivity contribution is -0.0177. The van der Waals surface area contributed by atoms with Gasteiger partial charge in [0.25, 0.3) is 0 Å². The fraction of sp³-hybridized carbons (Fsp3) is 0.500. The number of hydrogen-bond donors (Lipinski definition) is 1. The Bertz CT molecular complexity index is 529. The van der Waals surface area contributed by atoms with E-state index in [2.05, 4.69) is 9.97 Å². The van der Waals surface area contributed by atoms with Crippen molar-refractivity contribution in [3.8, 4) is 11.5 Å². The molecule has 0 aliphatic carbocycles. The van der Waals surface area contributed by atoms with E-state index in [0.717, 1.165) is 16.9 Å². The van der Waals surface area contributed by atoms with Crippen LogP contribution in [0.5, 0.6) is 11.5 Å². The zero-order valence-electron chi connectivity index (χ0n) is 12.0. The smallest absolute Gasteiger partial charge is 0.163 e. The molecule has 0 spiro atoms. The van der Waals surface area contributed by atoms with Crippen molar-refractivity contribution in [1.82, 2.24) is 9.97 Å². The highest BCUT2D eigenvalue weighted by atomic mass is 16.5. The summed E-state index contributed by atoms with van der Waals surface area (Å²) in [7, 11) is 3.23. The number of aromatic nitrogens is 2. The molecule has 5 heteroatoms. The summed E-state index contributed by atoms with van der Waals surface area (Å²) in [5.74, 6) is 2.15. The molecule has 1 aromatic heterocycles. The van der Waals surface area contributed by atoms with Crippen molar-refractivity contribution in [3.63, 3.8) is 0 Å². The Morgan fingerprint density at radius 3 is 2.32 bits per heavy atom. The molecule has 2 aromatic rings. The molecule has 0 fully saturated rings. The number of methoxy groups -OCH3 is 2. The molecule has 0 saturated carbocycles. The fourth-order valence-corrected chi connectivity index (χ4v) is 1.74.